The van der Waals surface area contributed by atoms with E-state index < -0.39 is 11.8 Å². The molecule has 0 aliphatic carbocycles. The molecule has 0 amide bonds. The van der Waals surface area contributed by atoms with E-state index >= 15 is 0 Å². The number of ketones is 1. The summed E-state index contributed by atoms with van der Waals surface area (Å²) < 4.78 is 9.98. The molecule has 1 aliphatic heterocycles. The van der Waals surface area contributed by atoms with Gasteiger partial charge < -0.3 is 14.8 Å². The van der Waals surface area contributed by atoms with Crippen molar-refractivity contribution < 1.29 is 19.1 Å². The Labute approximate surface area is 115 Å². The van der Waals surface area contributed by atoms with Gasteiger partial charge >= 0.3 is 5.97 Å². The summed E-state index contributed by atoms with van der Waals surface area (Å²) in [6.07, 6.45) is 0. The number of nitriles is 1. The van der Waals surface area contributed by atoms with Crippen molar-refractivity contribution in [3.8, 4) is 6.07 Å². The standard InChI is InChI=1S/C14H12N2O4/c1-2-19-14(18)12-11(17)8-20-13(12)16-10-5-3-9(7-15)4-6-10/h3-6,16H,2,8H2,1H3. The zero-order valence-corrected chi connectivity index (χ0v) is 10.8. The number of nitrogens with one attached hydrogen (secondary N) is 1. The number of ether oxygens (including phenoxy) is 2. The van der Waals surface area contributed by atoms with Crippen LogP contribution in [-0.2, 0) is 19.1 Å². The Kier molecular flexibility index (Phi) is 4.01. The Morgan fingerprint density at radius 1 is 1.45 bits per heavy atom. The number of benzene rings is 1. The van der Waals surface area contributed by atoms with Crippen LogP contribution in [0.25, 0.3) is 0 Å². The van der Waals surface area contributed by atoms with E-state index in [9.17, 15) is 9.59 Å². The summed E-state index contributed by atoms with van der Waals surface area (Å²) in [5.41, 5.74) is 1.00. The minimum Gasteiger partial charge on any atom is -0.470 e. The summed E-state index contributed by atoms with van der Waals surface area (Å²) in [6.45, 7) is 1.65. The number of hydrogen-bond acceptors (Lipinski definition) is 6. The zero-order valence-electron chi connectivity index (χ0n) is 10.8. The van der Waals surface area contributed by atoms with Crippen LogP contribution < -0.4 is 5.32 Å². The molecule has 1 aromatic carbocycles. The molecule has 20 heavy (non-hydrogen) atoms. The lowest BCUT2D eigenvalue weighted by Crippen LogP contribution is -2.16. The molecule has 102 valence electrons. The Bertz CT molecular complexity index is 611. The number of Topliss-reactive ketones (excluding diaryl/α,β-unsaturated/α-hetero) is 1. The van der Waals surface area contributed by atoms with Gasteiger partial charge in [-0.2, -0.15) is 5.26 Å². The molecule has 1 heterocycles. The van der Waals surface area contributed by atoms with Crippen molar-refractivity contribution in [2.45, 2.75) is 6.92 Å². The molecular formula is C14H12N2O4. The largest absolute Gasteiger partial charge is 0.470 e. The summed E-state index contributed by atoms with van der Waals surface area (Å²) in [4.78, 5) is 23.3. The van der Waals surface area contributed by atoms with Gasteiger partial charge in [-0.3, -0.25) is 4.79 Å². The van der Waals surface area contributed by atoms with Gasteiger partial charge in [0.05, 0.1) is 18.2 Å². The number of carbonyl (C=O) groups excluding carboxylic acids is 2. The molecule has 1 N–H and O–H groups in total. The molecule has 0 aromatic heterocycles. The predicted molar refractivity (Wildman–Crippen MR) is 69.4 cm³/mol. The second kappa shape index (κ2) is 5.89. The molecule has 0 bridgehead atoms. The summed E-state index contributed by atoms with van der Waals surface area (Å²) in [5, 5.41) is 11.5. The van der Waals surface area contributed by atoms with Crippen molar-refractivity contribution in [1.29, 1.82) is 5.26 Å². The van der Waals surface area contributed by atoms with Gasteiger partial charge in [0.15, 0.2) is 12.2 Å². The number of esters is 1. The van der Waals surface area contributed by atoms with E-state index in [1.165, 1.54) is 0 Å². The molecule has 0 atom stereocenters. The van der Waals surface area contributed by atoms with Crippen LogP contribution in [0.1, 0.15) is 12.5 Å². The SMILES string of the molecule is CCOC(=O)C1=C(Nc2ccc(C#N)cc2)OCC1=O. The fourth-order valence-corrected chi connectivity index (χ4v) is 1.68. The van der Waals surface area contributed by atoms with Gasteiger partial charge in [-0.05, 0) is 31.2 Å². The minimum atomic E-state index is -0.703. The highest BCUT2D eigenvalue weighted by atomic mass is 16.5. The van der Waals surface area contributed by atoms with E-state index in [2.05, 4.69) is 5.32 Å². The number of nitrogens with zero attached hydrogens (tertiary/aromatic N) is 1. The Morgan fingerprint density at radius 3 is 2.75 bits per heavy atom. The molecular weight excluding hydrogens is 260 g/mol. The first-order valence-corrected chi connectivity index (χ1v) is 6.00. The average molecular weight is 272 g/mol. The second-order valence-corrected chi connectivity index (χ2v) is 3.95. The Balaban J connectivity index is 2.22. The van der Waals surface area contributed by atoms with E-state index in [-0.39, 0.29) is 24.7 Å². The van der Waals surface area contributed by atoms with E-state index in [0.29, 0.717) is 11.3 Å². The van der Waals surface area contributed by atoms with Crippen molar-refractivity contribution in [1.82, 2.24) is 0 Å². The van der Waals surface area contributed by atoms with Crippen molar-refractivity contribution in [2.24, 2.45) is 0 Å². The van der Waals surface area contributed by atoms with Crippen LogP contribution in [0, 0.1) is 11.3 Å². The number of carbonyl (C=O) groups is 2. The highest BCUT2D eigenvalue weighted by Crippen LogP contribution is 2.20. The van der Waals surface area contributed by atoms with Gasteiger partial charge in [0.25, 0.3) is 0 Å². The predicted octanol–water partition coefficient (Wildman–Crippen LogP) is 1.34. The van der Waals surface area contributed by atoms with Crippen LogP contribution in [-0.4, -0.2) is 25.0 Å². The normalized spacial score (nSPS) is 13.7. The van der Waals surface area contributed by atoms with Crippen molar-refractivity contribution in [2.75, 3.05) is 18.5 Å². The van der Waals surface area contributed by atoms with Crippen molar-refractivity contribution in [3.05, 3.63) is 41.3 Å². The molecule has 1 aliphatic rings. The smallest absolute Gasteiger partial charge is 0.347 e. The van der Waals surface area contributed by atoms with E-state index in [1.54, 1.807) is 31.2 Å². The first-order chi connectivity index (χ1) is 9.65. The molecule has 0 fully saturated rings. The molecule has 2 rings (SSSR count). The lowest BCUT2D eigenvalue weighted by Gasteiger charge is -2.08. The fraction of sp³-hybridized carbons (Fsp3) is 0.214. The maximum atomic E-state index is 11.7. The molecule has 0 spiro atoms. The minimum absolute atomic E-state index is 0.0816. The van der Waals surface area contributed by atoms with Gasteiger partial charge in [0.1, 0.15) is 0 Å². The van der Waals surface area contributed by atoms with Gasteiger partial charge in [0.2, 0.25) is 11.7 Å². The Hall–Kier alpha value is -2.81. The van der Waals surface area contributed by atoms with Crippen LogP contribution in [0.5, 0.6) is 0 Å². The fourth-order valence-electron chi connectivity index (χ4n) is 1.68. The Morgan fingerprint density at radius 2 is 2.15 bits per heavy atom. The third kappa shape index (κ3) is 2.78. The topological polar surface area (TPSA) is 88.4 Å². The first kappa shape index (κ1) is 13.6. The highest BCUT2D eigenvalue weighted by Gasteiger charge is 2.32. The molecule has 1 aromatic rings. The van der Waals surface area contributed by atoms with Crippen LogP contribution in [0.2, 0.25) is 0 Å². The molecule has 0 saturated carbocycles. The first-order valence-electron chi connectivity index (χ1n) is 6.00. The van der Waals surface area contributed by atoms with E-state index in [4.69, 9.17) is 14.7 Å². The van der Waals surface area contributed by atoms with Gasteiger partial charge in [0, 0.05) is 5.69 Å². The summed E-state index contributed by atoms with van der Waals surface area (Å²) >= 11 is 0. The summed E-state index contributed by atoms with van der Waals surface area (Å²) in [6, 6.07) is 8.54. The third-order valence-corrected chi connectivity index (χ3v) is 2.60. The monoisotopic (exact) mass is 272 g/mol. The van der Waals surface area contributed by atoms with E-state index in [1.807, 2.05) is 6.07 Å². The second-order valence-electron chi connectivity index (χ2n) is 3.95. The molecule has 6 heteroatoms. The van der Waals surface area contributed by atoms with Crippen LogP contribution >= 0.6 is 0 Å². The quantitative estimate of drug-likeness (QED) is 0.657. The lowest BCUT2D eigenvalue weighted by molar-refractivity contribution is -0.139. The van der Waals surface area contributed by atoms with E-state index in [0.717, 1.165) is 0 Å². The number of hydrogen-bond donors (Lipinski definition) is 1. The molecule has 0 saturated heterocycles. The van der Waals surface area contributed by atoms with Gasteiger partial charge in [-0.1, -0.05) is 0 Å². The van der Waals surface area contributed by atoms with Crippen molar-refractivity contribution >= 4 is 17.4 Å². The summed E-state index contributed by atoms with van der Waals surface area (Å²) in [7, 11) is 0. The maximum Gasteiger partial charge on any atom is 0.347 e. The molecule has 0 radical (unpaired) electrons. The van der Waals surface area contributed by atoms with Crippen LogP contribution in [0.3, 0.4) is 0 Å². The number of rotatable bonds is 4. The van der Waals surface area contributed by atoms with Crippen molar-refractivity contribution in [3.63, 3.8) is 0 Å². The van der Waals surface area contributed by atoms with Crippen LogP contribution in [0.15, 0.2) is 35.7 Å². The lowest BCUT2D eigenvalue weighted by atomic mass is 10.2. The van der Waals surface area contributed by atoms with Gasteiger partial charge in [-0.15, -0.1) is 0 Å². The highest BCUT2D eigenvalue weighted by molar-refractivity contribution is 6.19. The molecule has 0 unspecified atom stereocenters. The average Bonchev–Trinajstić information content (AvgIpc) is 2.81. The maximum absolute atomic E-state index is 11.7. The summed E-state index contributed by atoms with van der Waals surface area (Å²) in [5.74, 6) is -1.04. The third-order valence-electron chi connectivity index (χ3n) is 2.60. The number of anilines is 1. The van der Waals surface area contributed by atoms with Crippen LogP contribution in [0.4, 0.5) is 5.69 Å². The zero-order chi connectivity index (χ0) is 14.5. The van der Waals surface area contributed by atoms with Gasteiger partial charge in [-0.25, -0.2) is 4.79 Å². The molecule has 6 nitrogen and oxygen atoms in total.